The molecule has 0 aliphatic heterocycles. The number of hydrogen-bond acceptors (Lipinski definition) is 6. The molecule has 0 aliphatic rings. The van der Waals surface area contributed by atoms with Crippen LogP contribution in [0.3, 0.4) is 0 Å². The first kappa shape index (κ1) is 16.3. The third-order valence-corrected chi connectivity index (χ3v) is 4.53. The zero-order chi connectivity index (χ0) is 17.1. The SMILES string of the molecule is COc1ccc(-c2csc(-c3ccnc(N(C)C)c3)n2)cc1OC. The van der Waals surface area contributed by atoms with Gasteiger partial charge in [0.1, 0.15) is 10.8 Å². The molecule has 124 valence electrons. The molecule has 0 saturated carbocycles. The van der Waals surface area contributed by atoms with Gasteiger partial charge in [0, 0.05) is 36.8 Å². The molecule has 5 nitrogen and oxygen atoms in total. The van der Waals surface area contributed by atoms with Gasteiger partial charge in [-0.15, -0.1) is 11.3 Å². The summed E-state index contributed by atoms with van der Waals surface area (Å²) in [5.41, 5.74) is 2.97. The van der Waals surface area contributed by atoms with Crippen LogP contribution < -0.4 is 14.4 Å². The van der Waals surface area contributed by atoms with Crippen LogP contribution in [0.15, 0.2) is 41.9 Å². The Morgan fingerprint density at radius 1 is 0.958 bits per heavy atom. The molecular formula is C18H19N3O2S. The van der Waals surface area contributed by atoms with Crippen molar-refractivity contribution in [2.45, 2.75) is 0 Å². The molecular weight excluding hydrogens is 322 g/mol. The number of anilines is 1. The predicted molar refractivity (Wildman–Crippen MR) is 98.2 cm³/mol. The average Bonchev–Trinajstić information content (AvgIpc) is 3.11. The van der Waals surface area contributed by atoms with E-state index in [0.29, 0.717) is 11.5 Å². The monoisotopic (exact) mass is 341 g/mol. The molecule has 0 bridgehead atoms. The number of methoxy groups -OCH3 is 2. The standard InChI is InChI=1S/C18H19N3O2S/c1-21(2)17-10-13(7-8-19-17)18-20-14(11-24-18)12-5-6-15(22-3)16(9-12)23-4/h5-11H,1-4H3. The van der Waals surface area contributed by atoms with Crippen molar-refractivity contribution in [2.75, 3.05) is 33.2 Å². The van der Waals surface area contributed by atoms with E-state index < -0.39 is 0 Å². The number of hydrogen-bond donors (Lipinski definition) is 0. The van der Waals surface area contributed by atoms with E-state index in [9.17, 15) is 0 Å². The summed E-state index contributed by atoms with van der Waals surface area (Å²) < 4.78 is 10.7. The fourth-order valence-electron chi connectivity index (χ4n) is 2.33. The highest BCUT2D eigenvalue weighted by Crippen LogP contribution is 2.34. The average molecular weight is 341 g/mol. The third-order valence-electron chi connectivity index (χ3n) is 3.63. The molecule has 24 heavy (non-hydrogen) atoms. The van der Waals surface area contributed by atoms with E-state index in [1.54, 1.807) is 25.6 Å². The molecule has 0 N–H and O–H groups in total. The molecule has 0 aliphatic carbocycles. The van der Waals surface area contributed by atoms with Crippen LogP contribution in [0.5, 0.6) is 11.5 Å². The number of aromatic nitrogens is 2. The first-order valence-corrected chi connectivity index (χ1v) is 8.32. The Kier molecular flexibility index (Phi) is 4.66. The van der Waals surface area contributed by atoms with Crippen LogP contribution in [0.1, 0.15) is 0 Å². The van der Waals surface area contributed by atoms with Crippen molar-refractivity contribution in [3.63, 3.8) is 0 Å². The van der Waals surface area contributed by atoms with E-state index in [0.717, 1.165) is 27.6 Å². The summed E-state index contributed by atoms with van der Waals surface area (Å²) in [4.78, 5) is 11.1. The molecule has 0 fully saturated rings. The van der Waals surface area contributed by atoms with E-state index in [2.05, 4.69) is 4.98 Å². The van der Waals surface area contributed by atoms with Gasteiger partial charge < -0.3 is 14.4 Å². The second-order valence-corrected chi connectivity index (χ2v) is 6.26. The van der Waals surface area contributed by atoms with Crippen molar-refractivity contribution < 1.29 is 9.47 Å². The van der Waals surface area contributed by atoms with Crippen LogP contribution in [0.25, 0.3) is 21.8 Å². The molecule has 0 radical (unpaired) electrons. The zero-order valence-corrected chi connectivity index (χ0v) is 14.9. The van der Waals surface area contributed by atoms with Crippen molar-refractivity contribution in [1.29, 1.82) is 0 Å². The Morgan fingerprint density at radius 3 is 2.46 bits per heavy atom. The van der Waals surface area contributed by atoms with Crippen LogP contribution in [0, 0.1) is 0 Å². The smallest absolute Gasteiger partial charge is 0.161 e. The fraction of sp³-hybridized carbons (Fsp3) is 0.222. The molecule has 3 rings (SSSR count). The first-order valence-electron chi connectivity index (χ1n) is 7.44. The first-order chi connectivity index (χ1) is 11.6. The van der Waals surface area contributed by atoms with Crippen LogP contribution in [0.2, 0.25) is 0 Å². The van der Waals surface area contributed by atoms with Gasteiger partial charge in [0.15, 0.2) is 11.5 Å². The van der Waals surface area contributed by atoms with Gasteiger partial charge in [-0.3, -0.25) is 0 Å². The molecule has 2 aromatic heterocycles. The minimum Gasteiger partial charge on any atom is -0.493 e. The van der Waals surface area contributed by atoms with Crippen LogP contribution >= 0.6 is 11.3 Å². The summed E-state index contributed by atoms with van der Waals surface area (Å²) in [6.07, 6.45) is 1.81. The molecule has 0 unspecified atom stereocenters. The summed E-state index contributed by atoms with van der Waals surface area (Å²) in [5, 5.41) is 3.01. The van der Waals surface area contributed by atoms with E-state index in [1.807, 2.05) is 60.9 Å². The second kappa shape index (κ2) is 6.88. The number of benzene rings is 1. The lowest BCUT2D eigenvalue weighted by atomic mass is 10.1. The van der Waals surface area contributed by atoms with E-state index >= 15 is 0 Å². The Morgan fingerprint density at radius 2 is 1.75 bits per heavy atom. The number of thiazole rings is 1. The summed E-state index contributed by atoms with van der Waals surface area (Å²) >= 11 is 1.61. The van der Waals surface area contributed by atoms with Crippen LogP contribution in [0.4, 0.5) is 5.82 Å². The summed E-state index contributed by atoms with van der Waals surface area (Å²) in [6.45, 7) is 0. The quantitative estimate of drug-likeness (QED) is 0.703. The highest BCUT2D eigenvalue weighted by atomic mass is 32.1. The van der Waals surface area contributed by atoms with Gasteiger partial charge in [0.05, 0.1) is 19.9 Å². The van der Waals surface area contributed by atoms with Crippen LogP contribution in [-0.2, 0) is 0 Å². The molecule has 0 atom stereocenters. The number of pyridine rings is 1. The minimum atomic E-state index is 0.698. The van der Waals surface area contributed by atoms with Gasteiger partial charge >= 0.3 is 0 Å². The van der Waals surface area contributed by atoms with Gasteiger partial charge in [-0.25, -0.2) is 9.97 Å². The maximum Gasteiger partial charge on any atom is 0.161 e. The Balaban J connectivity index is 1.95. The van der Waals surface area contributed by atoms with Gasteiger partial charge in [-0.05, 0) is 30.3 Å². The molecule has 2 heterocycles. The maximum absolute atomic E-state index is 5.37. The van der Waals surface area contributed by atoms with Gasteiger partial charge in [0.25, 0.3) is 0 Å². The summed E-state index contributed by atoms with van der Waals surface area (Å²) in [6, 6.07) is 9.83. The van der Waals surface area contributed by atoms with Crippen molar-refractivity contribution in [3.05, 3.63) is 41.9 Å². The van der Waals surface area contributed by atoms with Crippen molar-refractivity contribution in [1.82, 2.24) is 9.97 Å². The highest BCUT2D eigenvalue weighted by Gasteiger charge is 2.11. The molecule has 1 aromatic carbocycles. The molecule has 6 heteroatoms. The van der Waals surface area contributed by atoms with E-state index in [-0.39, 0.29) is 0 Å². The minimum absolute atomic E-state index is 0.698. The van der Waals surface area contributed by atoms with Crippen LogP contribution in [-0.4, -0.2) is 38.3 Å². The van der Waals surface area contributed by atoms with Crippen molar-refractivity contribution in [3.8, 4) is 33.3 Å². The topological polar surface area (TPSA) is 47.5 Å². The van der Waals surface area contributed by atoms with Crippen molar-refractivity contribution in [2.24, 2.45) is 0 Å². The Bertz CT molecular complexity index is 846. The normalized spacial score (nSPS) is 10.5. The van der Waals surface area contributed by atoms with Gasteiger partial charge in [-0.2, -0.15) is 0 Å². The lowest BCUT2D eigenvalue weighted by molar-refractivity contribution is 0.355. The predicted octanol–water partition coefficient (Wildman–Crippen LogP) is 3.96. The van der Waals surface area contributed by atoms with Gasteiger partial charge in [-0.1, -0.05) is 0 Å². The lowest BCUT2D eigenvalue weighted by Gasteiger charge is -2.11. The second-order valence-electron chi connectivity index (χ2n) is 5.40. The summed E-state index contributed by atoms with van der Waals surface area (Å²) in [7, 11) is 7.21. The summed E-state index contributed by atoms with van der Waals surface area (Å²) in [5.74, 6) is 2.32. The molecule has 0 spiro atoms. The molecule has 0 amide bonds. The van der Waals surface area contributed by atoms with Gasteiger partial charge in [0.2, 0.25) is 0 Å². The van der Waals surface area contributed by atoms with Crippen molar-refractivity contribution >= 4 is 17.2 Å². The Hall–Kier alpha value is -2.60. The number of rotatable bonds is 5. The largest absolute Gasteiger partial charge is 0.493 e. The third kappa shape index (κ3) is 3.19. The molecule has 0 saturated heterocycles. The fourth-order valence-corrected chi connectivity index (χ4v) is 3.16. The number of nitrogens with zero attached hydrogens (tertiary/aromatic N) is 3. The molecule has 3 aromatic rings. The Labute approximate surface area is 145 Å². The highest BCUT2D eigenvalue weighted by molar-refractivity contribution is 7.13. The maximum atomic E-state index is 5.37. The van der Waals surface area contributed by atoms with E-state index in [1.165, 1.54) is 0 Å². The number of ether oxygens (including phenoxy) is 2. The zero-order valence-electron chi connectivity index (χ0n) is 14.1. The lowest BCUT2D eigenvalue weighted by Crippen LogP contribution is -2.10. The van der Waals surface area contributed by atoms with E-state index in [4.69, 9.17) is 14.5 Å².